The minimum Gasteiger partial charge on any atom is -0.481 e. The van der Waals surface area contributed by atoms with Crippen molar-refractivity contribution in [3.63, 3.8) is 0 Å². The molecule has 20 heavy (non-hydrogen) atoms. The molecule has 0 aromatic heterocycles. The molecule has 0 saturated carbocycles. The van der Waals surface area contributed by atoms with Gasteiger partial charge in [-0.05, 0) is 19.1 Å². The molecule has 2 atom stereocenters. The molecular weight excluding hydrogens is 260 g/mol. The SMILES string of the molecule is CN(C(=O)NC1COCC1(C)C(=O)O)c1ccccc1. The quantitative estimate of drug-likeness (QED) is 0.874. The zero-order chi connectivity index (χ0) is 14.8. The Balaban J connectivity index is 2.06. The molecule has 1 heterocycles. The molecule has 0 aliphatic carbocycles. The van der Waals surface area contributed by atoms with E-state index in [0.29, 0.717) is 0 Å². The summed E-state index contributed by atoms with van der Waals surface area (Å²) in [5.74, 6) is -0.970. The van der Waals surface area contributed by atoms with Crippen molar-refractivity contribution in [3.8, 4) is 0 Å². The Morgan fingerprint density at radius 2 is 2.05 bits per heavy atom. The van der Waals surface area contributed by atoms with Crippen molar-refractivity contribution in [1.29, 1.82) is 0 Å². The molecule has 6 nitrogen and oxygen atoms in total. The number of nitrogens with one attached hydrogen (secondary N) is 1. The van der Waals surface area contributed by atoms with Gasteiger partial charge in [0.2, 0.25) is 0 Å². The topological polar surface area (TPSA) is 78.9 Å². The number of amides is 2. The van der Waals surface area contributed by atoms with Crippen LogP contribution in [0.2, 0.25) is 0 Å². The highest BCUT2D eigenvalue weighted by atomic mass is 16.5. The predicted molar refractivity (Wildman–Crippen MR) is 73.7 cm³/mol. The molecular formula is C14H18N2O4. The maximum absolute atomic E-state index is 12.2. The van der Waals surface area contributed by atoms with Crippen LogP contribution < -0.4 is 10.2 Å². The number of rotatable bonds is 3. The largest absolute Gasteiger partial charge is 0.481 e. The number of hydrogen-bond donors (Lipinski definition) is 2. The van der Waals surface area contributed by atoms with E-state index in [1.165, 1.54) is 4.90 Å². The fourth-order valence-electron chi connectivity index (χ4n) is 2.10. The summed E-state index contributed by atoms with van der Waals surface area (Å²) < 4.78 is 5.21. The number of carboxylic acids is 1. The summed E-state index contributed by atoms with van der Waals surface area (Å²) in [6.07, 6.45) is 0. The van der Waals surface area contributed by atoms with E-state index in [1.807, 2.05) is 18.2 Å². The lowest BCUT2D eigenvalue weighted by Gasteiger charge is -2.27. The van der Waals surface area contributed by atoms with Gasteiger partial charge < -0.3 is 15.2 Å². The molecule has 2 unspecified atom stereocenters. The van der Waals surface area contributed by atoms with Crippen molar-refractivity contribution < 1.29 is 19.4 Å². The number of hydrogen-bond acceptors (Lipinski definition) is 3. The Morgan fingerprint density at radius 1 is 1.40 bits per heavy atom. The van der Waals surface area contributed by atoms with Gasteiger partial charge in [0.25, 0.3) is 0 Å². The number of anilines is 1. The summed E-state index contributed by atoms with van der Waals surface area (Å²) in [5.41, 5.74) is -0.353. The Labute approximate surface area is 117 Å². The van der Waals surface area contributed by atoms with Gasteiger partial charge in [0, 0.05) is 12.7 Å². The summed E-state index contributed by atoms with van der Waals surface area (Å²) >= 11 is 0. The number of aliphatic carboxylic acids is 1. The number of carboxylic acid groups (broad SMARTS) is 1. The molecule has 0 radical (unpaired) electrons. The molecule has 1 aromatic rings. The monoisotopic (exact) mass is 278 g/mol. The zero-order valence-corrected chi connectivity index (χ0v) is 11.5. The van der Waals surface area contributed by atoms with Gasteiger partial charge in [-0.25, -0.2) is 4.79 Å². The highest BCUT2D eigenvalue weighted by Crippen LogP contribution is 2.29. The van der Waals surface area contributed by atoms with Crippen molar-refractivity contribution in [2.24, 2.45) is 5.41 Å². The maximum Gasteiger partial charge on any atom is 0.321 e. The first-order chi connectivity index (χ1) is 9.45. The molecule has 1 aromatic carbocycles. The normalized spacial score (nSPS) is 25.2. The van der Waals surface area contributed by atoms with Crippen LogP contribution >= 0.6 is 0 Å². The van der Waals surface area contributed by atoms with Crippen LogP contribution in [0.1, 0.15) is 6.92 Å². The second-order valence-electron chi connectivity index (χ2n) is 5.13. The lowest BCUT2D eigenvalue weighted by Crippen LogP contribution is -2.52. The van der Waals surface area contributed by atoms with Gasteiger partial charge in [-0.1, -0.05) is 18.2 Å². The summed E-state index contributed by atoms with van der Waals surface area (Å²) in [5, 5.41) is 12.0. The van der Waals surface area contributed by atoms with E-state index in [0.717, 1.165) is 5.69 Å². The Bertz CT molecular complexity index is 505. The van der Waals surface area contributed by atoms with Crippen molar-refractivity contribution in [2.45, 2.75) is 13.0 Å². The van der Waals surface area contributed by atoms with Crippen LogP contribution in [0, 0.1) is 5.41 Å². The second-order valence-corrected chi connectivity index (χ2v) is 5.13. The van der Waals surface area contributed by atoms with Crippen LogP contribution in [-0.2, 0) is 9.53 Å². The van der Waals surface area contributed by atoms with E-state index >= 15 is 0 Å². The van der Waals surface area contributed by atoms with Crippen LogP contribution in [0.5, 0.6) is 0 Å². The number of benzene rings is 1. The van der Waals surface area contributed by atoms with Crippen LogP contribution in [0.3, 0.4) is 0 Å². The van der Waals surface area contributed by atoms with Crippen molar-refractivity contribution in [3.05, 3.63) is 30.3 Å². The zero-order valence-electron chi connectivity index (χ0n) is 11.5. The lowest BCUT2D eigenvalue weighted by atomic mass is 9.85. The van der Waals surface area contributed by atoms with Gasteiger partial charge in [-0.2, -0.15) is 0 Å². The fourth-order valence-corrected chi connectivity index (χ4v) is 2.10. The number of para-hydroxylation sites is 1. The van der Waals surface area contributed by atoms with Crippen LogP contribution in [-0.4, -0.2) is 43.4 Å². The molecule has 1 fully saturated rings. The summed E-state index contributed by atoms with van der Waals surface area (Å²) in [6, 6.07) is 8.25. The molecule has 2 amide bonds. The first kappa shape index (κ1) is 14.3. The third kappa shape index (κ3) is 2.60. The number of urea groups is 1. The summed E-state index contributed by atoms with van der Waals surface area (Å²) in [4.78, 5) is 24.9. The average molecular weight is 278 g/mol. The van der Waals surface area contributed by atoms with Crippen LogP contribution in [0.4, 0.5) is 10.5 Å². The molecule has 108 valence electrons. The third-order valence-electron chi connectivity index (χ3n) is 3.69. The first-order valence-electron chi connectivity index (χ1n) is 6.35. The fraction of sp³-hybridized carbons (Fsp3) is 0.429. The molecule has 1 saturated heterocycles. The van der Waals surface area contributed by atoms with Gasteiger partial charge in [-0.15, -0.1) is 0 Å². The second kappa shape index (κ2) is 5.50. The number of ether oxygens (including phenoxy) is 1. The van der Waals surface area contributed by atoms with E-state index < -0.39 is 17.4 Å². The average Bonchev–Trinajstić information content (AvgIpc) is 2.81. The van der Waals surface area contributed by atoms with E-state index in [1.54, 1.807) is 26.1 Å². The summed E-state index contributed by atoms with van der Waals surface area (Å²) in [7, 11) is 1.64. The van der Waals surface area contributed by atoms with Gasteiger partial charge in [0.15, 0.2) is 0 Å². The number of nitrogens with zero attached hydrogens (tertiary/aromatic N) is 1. The smallest absolute Gasteiger partial charge is 0.321 e. The van der Waals surface area contributed by atoms with Crippen LogP contribution in [0.25, 0.3) is 0 Å². The highest BCUT2D eigenvalue weighted by Gasteiger charge is 2.47. The molecule has 0 spiro atoms. The Hall–Kier alpha value is -2.08. The van der Waals surface area contributed by atoms with Crippen LogP contribution in [0.15, 0.2) is 30.3 Å². The minimum atomic E-state index is -1.09. The van der Waals surface area contributed by atoms with E-state index in [4.69, 9.17) is 4.74 Å². The van der Waals surface area contributed by atoms with Crippen molar-refractivity contribution >= 4 is 17.7 Å². The lowest BCUT2D eigenvalue weighted by molar-refractivity contribution is -0.148. The van der Waals surface area contributed by atoms with Crippen molar-refractivity contribution in [1.82, 2.24) is 5.32 Å². The first-order valence-corrected chi connectivity index (χ1v) is 6.35. The van der Waals surface area contributed by atoms with E-state index in [2.05, 4.69) is 5.32 Å². The van der Waals surface area contributed by atoms with E-state index in [9.17, 15) is 14.7 Å². The Morgan fingerprint density at radius 3 is 2.65 bits per heavy atom. The van der Waals surface area contributed by atoms with Gasteiger partial charge in [-0.3, -0.25) is 9.69 Å². The predicted octanol–water partition coefficient (Wildman–Crippen LogP) is 1.32. The molecule has 0 bridgehead atoms. The van der Waals surface area contributed by atoms with Crippen molar-refractivity contribution in [2.75, 3.05) is 25.2 Å². The van der Waals surface area contributed by atoms with E-state index in [-0.39, 0.29) is 19.2 Å². The van der Waals surface area contributed by atoms with Gasteiger partial charge in [0.1, 0.15) is 5.41 Å². The standard InChI is InChI=1S/C14H18N2O4/c1-14(12(17)18)9-20-8-11(14)15-13(19)16(2)10-6-4-3-5-7-10/h3-7,11H,8-9H2,1-2H3,(H,15,19)(H,17,18). The minimum absolute atomic E-state index is 0.0995. The van der Waals surface area contributed by atoms with Gasteiger partial charge >= 0.3 is 12.0 Å². The number of carbonyl (C=O) groups is 2. The maximum atomic E-state index is 12.2. The molecule has 6 heteroatoms. The highest BCUT2D eigenvalue weighted by molar-refractivity contribution is 5.92. The molecule has 1 aliphatic heterocycles. The molecule has 2 rings (SSSR count). The van der Waals surface area contributed by atoms with Gasteiger partial charge in [0.05, 0.1) is 19.3 Å². The molecule has 2 N–H and O–H groups in total. The summed E-state index contributed by atoms with van der Waals surface area (Å²) in [6.45, 7) is 1.88. The Kier molecular flexibility index (Phi) is 3.94. The molecule has 1 aliphatic rings. The number of carbonyl (C=O) groups excluding carboxylic acids is 1. The third-order valence-corrected chi connectivity index (χ3v) is 3.69.